The van der Waals surface area contributed by atoms with Crippen LogP contribution in [-0.2, 0) is 12.8 Å². The molecule has 0 aromatic heterocycles. The third-order valence-electron chi connectivity index (χ3n) is 9.02. The molecule has 0 bridgehead atoms. The number of aromatic hydroxyl groups is 1. The first-order valence-electron chi connectivity index (χ1n) is 18.6. The summed E-state index contributed by atoms with van der Waals surface area (Å²) in [6, 6.07) is 47.3. The minimum Gasteiger partial charge on any atom is -0.508 e. The highest BCUT2D eigenvalue weighted by Crippen LogP contribution is 2.33. The number of aryl methyl sites for hydroxylation is 2. The van der Waals surface area contributed by atoms with Crippen LogP contribution in [0.3, 0.4) is 0 Å². The molecule has 0 atom stereocenters. The minimum atomic E-state index is -0.640. The molecule has 0 fully saturated rings. The minimum absolute atomic E-state index is 0.331. The lowest BCUT2D eigenvalue weighted by Crippen LogP contribution is -2.20. The molecule has 0 aliphatic carbocycles. The van der Waals surface area contributed by atoms with Gasteiger partial charge in [-0.25, -0.2) is 0 Å². The zero-order valence-electron chi connectivity index (χ0n) is 29.5. The van der Waals surface area contributed by atoms with Crippen LogP contribution in [0.2, 0.25) is 0 Å². The third kappa shape index (κ3) is 13.1. The van der Waals surface area contributed by atoms with E-state index in [2.05, 4.69) is 123 Å². The fraction of sp³-hybridized carbons (Fsp3) is 0.348. The number of rotatable bonds is 18. The van der Waals surface area contributed by atoms with Gasteiger partial charge in [-0.2, -0.15) is 0 Å². The van der Waals surface area contributed by atoms with E-state index in [1.165, 1.54) is 128 Å². The second-order valence-corrected chi connectivity index (χ2v) is 15.2. The maximum atomic E-state index is 9.86. The lowest BCUT2D eigenvalue weighted by atomic mass is 10.1. The Morgan fingerprint density at radius 3 is 1.08 bits per heavy atom. The summed E-state index contributed by atoms with van der Waals surface area (Å²) in [5.41, 5.74) is 5.45. The number of hydrogen-bond donors (Lipinski definition) is 1. The average molecular weight is 657 g/mol. The molecular weight excluding hydrogens is 599 g/mol. The van der Waals surface area contributed by atoms with Crippen LogP contribution < -0.4 is 15.9 Å². The van der Waals surface area contributed by atoms with Crippen LogP contribution in [0.15, 0.2) is 133 Å². The Bertz CT molecular complexity index is 1410. The number of phenolic OH excluding ortho intramolecular Hbond substituents is 1. The molecule has 0 unspecified atom stereocenters. The maximum absolute atomic E-state index is 9.86. The average Bonchev–Trinajstić information content (AvgIpc) is 3.14. The van der Waals surface area contributed by atoms with Crippen molar-refractivity contribution in [2.45, 2.75) is 104 Å². The van der Waals surface area contributed by atoms with Gasteiger partial charge in [0.05, 0.1) is 0 Å². The summed E-state index contributed by atoms with van der Waals surface area (Å²) < 4.78 is 0. The molecule has 1 N–H and O–H groups in total. The van der Waals surface area contributed by atoms with Crippen LogP contribution in [0.25, 0.3) is 11.1 Å². The smallest absolute Gasteiger partial charge is 0.115 e. The molecule has 0 radical (unpaired) electrons. The van der Waals surface area contributed by atoms with E-state index in [0.717, 1.165) is 0 Å². The Labute approximate surface area is 293 Å². The first-order valence-corrected chi connectivity index (χ1v) is 19.9. The van der Waals surface area contributed by atoms with E-state index in [9.17, 15) is 5.11 Å². The summed E-state index contributed by atoms with van der Waals surface area (Å²) in [4.78, 5) is 0. The largest absolute Gasteiger partial charge is 0.508 e. The summed E-state index contributed by atoms with van der Waals surface area (Å²) in [7, 11) is -0.640. The van der Waals surface area contributed by atoms with Gasteiger partial charge < -0.3 is 5.11 Å². The second-order valence-electron chi connectivity index (χ2n) is 13.0. The van der Waals surface area contributed by atoms with E-state index in [4.69, 9.17) is 0 Å². The van der Waals surface area contributed by atoms with Crippen LogP contribution in [0, 0.1) is 0 Å². The molecule has 252 valence electrons. The first kappa shape index (κ1) is 37.2. The molecule has 1 nitrogen and oxygen atoms in total. The molecule has 0 amide bonds. The molecule has 2 heteroatoms. The van der Waals surface area contributed by atoms with Gasteiger partial charge in [-0.3, -0.25) is 0 Å². The van der Waals surface area contributed by atoms with E-state index >= 15 is 0 Å². The molecule has 0 heterocycles. The van der Waals surface area contributed by atoms with Gasteiger partial charge in [-0.15, -0.1) is 0 Å². The Kier molecular flexibility index (Phi) is 17.1. The van der Waals surface area contributed by atoms with Crippen molar-refractivity contribution in [3.8, 4) is 16.9 Å². The highest BCUT2D eigenvalue weighted by atomic mass is 31.1. The molecule has 5 aromatic rings. The van der Waals surface area contributed by atoms with Crippen molar-refractivity contribution >= 4 is 23.8 Å². The van der Waals surface area contributed by atoms with Crippen LogP contribution in [0.5, 0.6) is 5.75 Å². The quantitative estimate of drug-likeness (QED) is 0.0735. The predicted octanol–water partition coefficient (Wildman–Crippen LogP) is 12.3. The van der Waals surface area contributed by atoms with Gasteiger partial charge in [0.25, 0.3) is 0 Å². The fourth-order valence-corrected chi connectivity index (χ4v) is 8.39. The highest BCUT2D eigenvalue weighted by Gasteiger charge is 2.17. The first-order chi connectivity index (χ1) is 23.7. The molecule has 5 rings (SSSR count). The van der Waals surface area contributed by atoms with E-state index in [1.807, 2.05) is 24.3 Å². The lowest BCUT2D eigenvalue weighted by molar-refractivity contribution is 0.475. The van der Waals surface area contributed by atoms with Gasteiger partial charge in [0.15, 0.2) is 0 Å². The normalized spacial score (nSPS) is 10.9. The van der Waals surface area contributed by atoms with Crippen LogP contribution >= 0.6 is 7.92 Å². The summed E-state index contributed by atoms with van der Waals surface area (Å²) in [6.07, 6.45) is 18.5. The van der Waals surface area contributed by atoms with Crippen LogP contribution in [0.1, 0.15) is 102 Å². The van der Waals surface area contributed by atoms with Crippen molar-refractivity contribution in [3.63, 3.8) is 0 Å². The summed E-state index contributed by atoms with van der Waals surface area (Å²) >= 11 is 0. The third-order valence-corrected chi connectivity index (χ3v) is 11.5. The van der Waals surface area contributed by atoms with Crippen molar-refractivity contribution in [2.75, 3.05) is 0 Å². The Morgan fingerprint density at radius 1 is 0.375 bits per heavy atom. The lowest BCUT2D eigenvalue weighted by Gasteiger charge is -2.20. The van der Waals surface area contributed by atoms with Crippen molar-refractivity contribution in [1.82, 2.24) is 0 Å². The zero-order chi connectivity index (χ0) is 33.7. The topological polar surface area (TPSA) is 20.2 Å². The van der Waals surface area contributed by atoms with E-state index in [0.29, 0.717) is 5.75 Å². The number of phenols is 1. The van der Waals surface area contributed by atoms with Gasteiger partial charge in [0.1, 0.15) is 5.75 Å². The van der Waals surface area contributed by atoms with E-state index in [-0.39, 0.29) is 0 Å². The van der Waals surface area contributed by atoms with Crippen LogP contribution in [-0.4, -0.2) is 5.11 Å². The standard InChI is InChI=1S/C34H47OP.C12H10/c1-3-5-7-9-11-13-15-29-17-23-32(24-18-29)36(34-27-21-31(35)22-28-34)33-25-19-30(20-26-33)16-14-12-10-8-6-4-2;1-3-7-11(8-4-1)12-9-5-2-6-10-12/h17-28,35H,3-16H2,1-2H3;1-10H. The van der Waals surface area contributed by atoms with E-state index in [1.54, 1.807) is 0 Å². The number of unbranched alkanes of at least 4 members (excludes halogenated alkanes) is 10. The Balaban J connectivity index is 0.000000360. The molecular formula is C46H57OP. The molecule has 0 saturated carbocycles. The highest BCUT2D eigenvalue weighted by molar-refractivity contribution is 7.79. The van der Waals surface area contributed by atoms with Crippen molar-refractivity contribution in [2.24, 2.45) is 0 Å². The Hall–Kier alpha value is -3.67. The zero-order valence-corrected chi connectivity index (χ0v) is 30.4. The molecule has 0 spiro atoms. The van der Waals surface area contributed by atoms with E-state index < -0.39 is 7.92 Å². The molecule has 5 aromatic carbocycles. The summed E-state index contributed by atoms with van der Waals surface area (Å²) in [6.45, 7) is 4.55. The second kappa shape index (κ2) is 22.1. The van der Waals surface area contributed by atoms with Crippen molar-refractivity contribution in [3.05, 3.63) is 145 Å². The molecule has 0 aliphatic rings. The van der Waals surface area contributed by atoms with Crippen LogP contribution in [0.4, 0.5) is 0 Å². The van der Waals surface area contributed by atoms with Gasteiger partial charge in [0, 0.05) is 0 Å². The molecule has 0 aliphatic heterocycles. The summed E-state index contributed by atoms with van der Waals surface area (Å²) in [5.74, 6) is 0.331. The number of benzene rings is 5. The monoisotopic (exact) mass is 656 g/mol. The number of hydrogen-bond acceptors (Lipinski definition) is 1. The Morgan fingerprint density at radius 2 is 0.708 bits per heavy atom. The van der Waals surface area contributed by atoms with Gasteiger partial charge in [-0.05, 0) is 83.9 Å². The van der Waals surface area contributed by atoms with Crippen molar-refractivity contribution < 1.29 is 5.11 Å². The van der Waals surface area contributed by atoms with Gasteiger partial charge in [-0.1, -0.05) is 199 Å². The maximum Gasteiger partial charge on any atom is 0.115 e. The summed E-state index contributed by atoms with van der Waals surface area (Å²) in [5, 5.41) is 13.9. The van der Waals surface area contributed by atoms with Crippen molar-refractivity contribution in [1.29, 1.82) is 0 Å². The molecule has 0 saturated heterocycles. The molecule has 48 heavy (non-hydrogen) atoms. The SMILES string of the molecule is CCCCCCCCc1ccc(P(c2ccc(O)cc2)c2ccc(CCCCCCCC)cc2)cc1.c1ccc(-c2ccccc2)cc1. The van der Waals surface area contributed by atoms with Gasteiger partial charge in [0.2, 0.25) is 0 Å². The van der Waals surface area contributed by atoms with Gasteiger partial charge >= 0.3 is 0 Å². The predicted molar refractivity (Wildman–Crippen MR) is 213 cm³/mol. The fourth-order valence-electron chi connectivity index (χ4n) is 6.15.